The van der Waals surface area contributed by atoms with Crippen molar-refractivity contribution >= 4 is 23.4 Å². The van der Waals surface area contributed by atoms with E-state index in [-0.39, 0.29) is 12.5 Å². The molecule has 2 rings (SSSR count). The molecule has 0 aliphatic carbocycles. The largest absolute Gasteiger partial charge is 0.494 e. The lowest BCUT2D eigenvalue weighted by Gasteiger charge is -2.09. The van der Waals surface area contributed by atoms with E-state index in [1.165, 1.54) is 12.1 Å². The monoisotopic (exact) mass is 353 g/mol. The standard InChI is InChI=1S/C17H17F2NO3S/c1-2-22-13-5-7-14(8-6-13)23-11-16(21)20-12-3-9-15(10-4-12)24-17(18)19/h3-10,17H,2,11H2,1H3,(H,20,21). The van der Waals surface area contributed by atoms with Crippen LogP contribution in [0.2, 0.25) is 0 Å². The first-order chi connectivity index (χ1) is 11.6. The number of alkyl halides is 2. The zero-order valence-corrected chi connectivity index (χ0v) is 13.8. The Balaban J connectivity index is 1.80. The number of halogens is 2. The molecule has 0 aromatic heterocycles. The zero-order valence-electron chi connectivity index (χ0n) is 13.0. The summed E-state index contributed by atoms with van der Waals surface area (Å²) in [6, 6.07) is 13.1. The summed E-state index contributed by atoms with van der Waals surface area (Å²) in [5.41, 5.74) is 0.522. The van der Waals surface area contributed by atoms with E-state index in [0.29, 0.717) is 34.7 Å². The van der Waals surface area contributed by atoms with Crippen molar-refractivity contribution in [3.63, 3.8) is 0 Å². The van der Waals surface area contributed by atoms with Gasteiger partial charge in [0.05, 0.1) is 6.61 Å². The molecule has 0 aliphatic heterocycles. The van der Waals surface area contributed by atoms with Crippen molar-refractivity contribution in [3.8, 4) is 11.5 Å². The molecular weight excluding hydrogens is 336 g/mol. The summed E-state index contributed by atoms with van der Waals surface area (Å²) in [6.45, 7) is 2.33. The molecule has 0 saturated heterocycles. The van der Waals surface area contributed by atoms with Gasteiger partial charge in [-0.1, -0.05) is 11.8 Å². The minimum atomic E-state index is -2.46. The molecule has 0 atom stereocenters. The van der Waals surface area contributed by atoms with Gasteiger partial charge in [-0.2, -0.15) is 8.78 Å². The summed E-state index contributed by atoms with van der Waals surface area (Å²) < 4.78 is 35.2. The van der Waals surface area contributed by atoms with Crippen molar-refractivity contribution < 1.29 is 23.0 Å². The maximum absolute atomic E-state index is 12.2. The van der Waals surface area contributed by atoms with E-state index in [1.807, 2.05) is 6.92 Å². The molecule has 0 radical (unpaired) electrons. The number of carbonyl (C=O) groups is 1. The second kappa shape index (κ2) is 9.12. The third-order valence-electron chi connectivity index (χ3n) is 2.87. The Morgan fingerprint density at radius 2 is 1.62 bits per heavy atom. The second-order valence-electron chi connectivity index (χ2n) is 4.64. The predicted molar refractivity (Wildman–Crippen MR) is 90.0 cm³/mol. The van der Waals surface area contributed by atoms with Crippen LogP contribution in [0.1, 0.15) is 6.92 Å². The highest BCUT2D eigenvalue weighted by molar-refractivity contribution is 7.99. The molecule has 0 unspecified atom stereocenters. The van der Waals surface area contributed by atoms with Crippen LogP contribution in [-0.4, -0.2) is 24.9 Å². The van der Waals surface area contributed by atoms with Gasteiger partial charge >= 0.3 is 0 Å². The molecule has 4 nitrogen and oxygen atoms in total. The summed E-state index contributed by atoms with van der Waals surface area (Å²) in [7, 11) is 0. The van der Waals surface area contributed by atoms with Crippen LogP contribution in [0.4, 0.5) is 14.5 Å². The normalized spacial score (nSPS) is 10.5. The maximum Gasteiger partial charge on any atom is 0.288 e. The Morgan fingerprint density at radius 3 is 2.17 bits per heavy atom. The first-order valence-corrected chi connectivity index (χ1v) is 8.15. The topological polar surface area (TPSA) is 47.6 Å². The second-order valence-corrected chi connectivity index (χ2v) is 5.71. The summed E-state index contributed by atoms with van der Waals surface area (Å²) in [6.07, 6.45) is 0. The molecule has 0 heterocycles. The molecule has 128 valence electrons. The van der Waals surface area contributed by atoms with Crippen molar-refractivity contribution in [3.05, 3.63) is 48.5 Å². The quantitative estimate of drug-likeness (QED) is 0.714. The molecule has 24 heavy (non-hydrogen) atoms. The fraction of sp³-hybridized carbons (Fsp3) is 0.235. The van der Waals surface area contributed by atoms with Gasteiger partial charge in [-0.25, -0.2) is 0 Å². The van der Waals surface area contributed by atoms with E-state index in [0.717, 1.165) is 5.75 Å². The van der Waals surface area contributed by atoms with Crippen molar-refractivity contribution in [1.29, 1.82) is 0 Å². The molecule has 0 saturated carbocycles. The van der Waals surface area contributed by atoms with Crippen molar-refractivity contribution in [2.45, 2.75) is 17.6 Å². The third kappa shape index (κ3) is 6.08. The highest BCUT2D eigenvalue weighted by Crippen LogP contribution is 2.26. The summed E-state index contributed by atoms with van der Waals surface area (Å²) in [4.78, 5) is 12.3. The number of nitrogens with one attached hydrogen (secondary N) is 1. The number of hydrogen-bond donors (Lipinski definition) is 1. The van der Waals surface area contributed by atoms with E-state index < -0.39 is 5.76 Å². The first-order valence-electron chi connectivity index (χ1n) is 7.27. The van der Waals surface area contributed by atoms with E-state index in [4.69, 9.17) is 9.47 Å². The number of anilines is 1. The van der Waals surface area contributed by atoms with Crippen molar-refractivity contribution in [1.82, 2.24) is 0 Å². The first kappa shape index (κ1) is 18.1. The SMILES string of the molecule is CCOc1ccc(OCC(=O)Nc2ccc(SC(F)F)cc2)cc1. The van der Waals surface area contributed by atoms with E-state index in [9.17, 15) is 13.6 Å². The molecule has 1 amide bonds. The van der Waals surface area contributed by atoms with Crippen LogP contribution in [0, 0.1) is 0 Å². The van der Waals surface area contributed by atoms with Crippen LogP contribution in [0.25, 0.3) is 0 Å². The van der Waals surface area contributed by atoms with E-state index >= 15 is 0 Å². The maximum atomic E-state index is 12.2. The van der Waals surface area contributed by atoms with E-state index in [2.05, 4.69) is 5.32 Å². The van der Waals surface area contributed by atoms with Crippen LogP contribution in [0.15, 0.2) is 53.4 Å². The van der Waals surface area contributed by atoms with Gasteiger partial charge in [0.2, 0.25) is 0 Å². The van der Waals surface area contributed by atoms with Crippen LogP contribution >= 0.6 is 11.8 Å². The number of benzene rings is 2. The fourth-order valence-corrected chi connectivity index (χ4v) is 2.36. The fourth-order valence-electron chi connectivity index (χ4n) is 1.86. The molecule has 0 aliphatic rings. The minimum Gasteiger partial charge on any atom is -0.494 e. The van der Waals surface area contributed by atoms with Gasteiger partial charge in [-0.15, -0.1) is 0 Å². The Labute approximate surface area is 143 Å². The van der Waals surface area contributed by atoms with Gasteiger partial charge < -0.3 is 14.8 Å². The minimum absolute atomic E-state index is 0.151. The van der Waals surface area contributed by atoms with Gasteiger partial charge in [0.15, 0.2) is 6.61 Å². The predicted octanol–water partition coefficient (Wildman–Crippen LogP) is 4.42. The lowest BCUT2D eigenvalue weighted by molar-refractivity contribution is -0.118. The molecule has 0 bridgehead atoms. The average Bonchev–Trinajstić information content (AvgIpc) is 2.56. The number of carbonyl (C=O) groups excluding carboxylic acids is 1. The molecule has 2 aromatic carbocycles. The van der Waals surface area contributed by atoms with Gasteiger partial charge in [-0.3, -0.25) is 4.79 Å². The Kier molecular flexibility index (Phi) is 6.87. The van der Waals surface area contributed by atoms with Gasteiger partial charge in [0, 0.05) is 10.6 Å². The molecule has 0 spiro atoms. The third-order valence-corrected chi connectivity index (χ3v) is 3.59. The van der Waals surface area contributed by atoms with Gasteiger partial charge in [-0.05, 0) is 55.5 Å². The summed E-state index contributed by atoms with van der Waals surface area (Å²) >= 11 is 0.457. The van der Waals surface area contributed by atoms with Gasteiger partial charge in [0.1, 0.15) is 11.5 Å². The van der Waals surface area contributed by atoms with Crippen LogP contribution in [0.5, 0.6) is 11.5 Å². The Bertz CT molecular complexity index is 648. The Hall–Kier alpha value is -2.28. The van der Waals surface area contributed by atoms with Gasteiger partial charge in [0.25, 0.3) is 11.7 Å². The molecular formula is C17H17F2NO3S. The molecule has 7 heteroatoms. The van der Waals surface area contributed by atoms with Crippen molar-refractivity contribution in [2.24, 2.45) is 0 Å². The highest BCUT2D eigenvalue weighted by atomic mass is 32.2. The molecule has 0 fully saturated rings. The lowest BCUT2D eigenvalue weighted by Crippen LogP contribution is -2.20. The summed E-state index contributed by atoms with van der Waals surface area (Å²) in [5, 5.41) is 2.64. The number of ether oxygens (including phenoxy) is 2. The number of hydrogen-bond acceptors (Lipinski definition) is 4. The number of rotatable bonds is 8. The molecule has 2 aromatic rings. The molecule has 1 N–H and O–H groups in total. The zero-order chi connectivity index (χ0) is 17.4. The Morgan fingerprint density at radius 1 is 1.04 bits per heavy atom. The van der Waals surface area contributed by atoms with Crippen LogP contribution in [-0.2, 0) is 4.79 Å². The average molecular weight is 353 g/mol. The van der Waals surface area contributed by atoms with Crippen LogP contribution in [0.3, 0.4) is 0 Å². The van der Waals surface area contributed by atoms with Crippen molar-refractivity contribution in [2.75, 3.05) is 18.5 Å². The smallest absolute Gasteiger partial charge is 0.288 e. The highest BCUT2D eigenvalue weighted by Gasteiger charge is 2.07. The van der Waals surface area contributed by atoms with E-state index in [1.54, 1.807) is 36.4 Å². The number of thioether (sulfide) groups is 1. The number of amides is 1. The van der Waals surface area contributed by atoms with Crippen LogP contribution < -0.4 is 14.8 Å². The lowest BCUT2D eigenvalue weighted by atomic mass is 10.3. The summed E-state index contributed by atoms with van der Waals surface area (Å²) in [5.74, 6) is -1.51.